The standard InChI is InChI=1S/C23H25N3O6S/c1-15(2)32-21-8-7-16(33(29,30)26-9-11-31-12-10-26)13-20(21)25-23(28)18-14-22(27)24-19-6-4-3-5-17(18)19/h3-8,13-15H,9-12H2,1-2H3,(H,24,27)(H,25,28). The number of H-pyrrole nitrogens is 1. The Kier molecular flexibility index (Phi) is 6.50. The van der Waals surface area contributed by atoms with Gasteiger partial charge in [0.05, 0.1) is 35.5 Å². The molecule has 2 heterocycles. The zero-order valence-electron chi connectivity index (χ0n) is 18.3. The topological polar surface area (TPSA) is 118 Å². The number of nitrogens with zero attached hydrogens (tertiary/aromatic N) is 1. The van der Waals surface area contributed by atoms with E-state index in [9.17, 15) is 18.0 Å². The van der Waals surface area contributed by atoms with Crippen LogP contribution in [0, 0.1) is 0 Å². The molecule has 33 heavy (non-hydrogen) atoms. The predicted octanol–water partition coefficient (Wildman–Crippen LogP) is 2.59. The van der Waals surface area contributed by atoms with Crippen molar-refractivity contribution in [2.75, 3.05) is 31.6 Å². The second kappa shape index (κ2) is 9.34. The highest BCUT2D eigenvalue weighted by Crippen LogP contribution is 2.31. The van der Waals surface area contributed by atoms with Crippen molar-refractivity contribution in [3.8, 4) is 5.75 Å². The van der Waals surface area contributed by atoms with Crippen LogP contribution >= 0.6 is 0 Å². The SMILES string of the molecule is CC(C)Oc1ccc(S(=O)(=O)N2CCOCC2)cc1NC(=O)c1cc(=O)[nH]c2ccccc12. The quantitative estimate of drug-likeness (QED) is 0.571. The number of rotatable bonds is 6. The molecule has 1 aromatic heterocycles. The molecule has 0 unspecified atom stereocenters. The van der Waals surface area contributed by atoms with Gasteiger partial charge in [-0.2, -0.15) is 4.31 Å². The van der Waals surface area contributed by atoms with Crippen LogP contribution in [0.15, 0.2) is 58.2 Å². The number of aromatic amines is 1. The second-order valence-electron chi connectivity index (χ2n) is 7.89. The monoisotopic (exact) mass is 471 g/mol. The molecule has 9 nitrogen and oxygen atoms in total. The molecular weight excluding hydrogens is 446 g/mol. The van der Waals surface area contributed by atoms with Gasteiger partial charge in [-0.15, -0.1) is 0 Å². The van der Waals surface area contributed by atoms with Crippen molar-refractivity contribution in [2.24, 2.45) is 0 Å². The Labute approximate surface area is 191 Å². The number of carbonyl (C=O) groups excluding carboxylic acids is 1. The molecule has 2 N–H and O–H groups in total. The first-order valence-electron chi connectivity index (χ1n) is 10.6. The summed E-state index contributed by atoms with van der Waals surface area (Å²) in [4.78, 5) is 28.0. The molecule has 2 aromatic carbocycles. The Bertz CT molecular complexity index is 1340. The minimum absolute atomic E-state index is 0.0339. The number of pyridine rings is 1. The van der Waals surface area contributed by atoms with Crippen molar-refractivity contribution in [1.29, 1.82) is 0 Å². The Morgan fingerprint density at radius 3 is 2.58 bits per heavy atom. The number of hydrogen-bond donors (Lipinski definition) is 2. The van der Waals surface area contributed by atoms with Crippen LogP contribution in [-0.4, -0.2) is 56.0 Å². The van der Waals surface area contributed by atoms with Crippen LogP contribution in [0.5, 0.6) is 5.75 Å². The lowest BCUT2D eigenvalue weighted by Crippen LogP contribution is -2.40. The smallest absolute Gasteiger partial charge is 0.256 e. The highest BCUT2D eigenvalue weighted by molar-refractivity contribution is 7.89. The van der Waals surface area contributed by atoms with Gasteiger partial charge >= 0.3 is 0 Å². The third-order valence-corrected chi connectivity index (χ3v) is 7.06. The van der Waals surface area contributed by atoms with Gasteiger partial charge in [-0.3, -0.25) is 9.59 Å². The fourth-order valence-corrected chi connectivity index (χ4v) is 5.08. The third kappa shape index (κ3) is 4.92. The maximum absolute atomic E-state index is 13.2. The number of fused-ring (bicyclic) bond motifs is 1. The van der Waals surface area contributed by atoms with Crippen molar-refractivity contribution in [2.45, 2.75) is 24.8 Å². The summed E-state index contributed by atoms with van der Waals surface area (Å²) in [5.74, 6) is -0.222. The number of anilines is 1. The molecule has 0 atom stereocenters. The molecule has 1 saturated heterocycles. The number of carbonyl (C=O) groups is 1. The molecule has 1 fully saturated rings. The van der Waals surface area contributed by atoms with E-state index in [1.807, 2.05) is 13.8 Å². The van der Waals surface area contributed by atoms with Gasteiger partial charge in [-0.25, -0.2) is 8.42 Å². The van der Waals surface area contributed by atoms with Crippen LogP contribution in [0.1, 0.15) is 24.2 Å². The van der Waals surface area contributed by atoms with Gasteiger partial charge < -0.3 is 19.8 Å². The number of hydrogen-bond acceptors (Lipinski definition) is 6. The molecule has 4 rings (SSSR count). The lowest BCUT2D eigenvalue weighted by molar-refractivity contribution is 0.0730. The zero-order valence-corrected chi connectivity index (χ0v) is 19.1. The van der Waals surface area contributed by atoms with E-state index in [1.54, 1.807) is 24.3 Å². The minimum Gasteiger partial charge on any atom is -0.489 e. The van der Waals surface area contributed by atoms with Crippen molar-refractivity contribution < 1.29 is 22.7 Å². The fraction of sp³-hybridized carbons (Fsp3) is 0.304. The third-order valence-electron chi connectivity index (χ3n) is 5.16. The molecule has 0 spiro atoms. The van der Waals surface area contributed by atoms with Crippen LogP contribution in [0.25, 0.3) is 10.9 Å². The van der Waals surface area contributed by atoms with E-state index in [-0.39, 0.29) is 35.3 Å². The van der Waals surface area contributed by atoms with Gasteiger partial charge in [-0.1, -0.05) is 18.2 Å². The Balaban J connectivity index is 1.73. The first-order valence-corrected chi connectivity index (χ1v) is 12.0. The van der Waals surface area contributed by atoms with E-state index in [2.05, 4.69) is 10.3 Å². The molecule has 174 valence electrons. The predicted molar refractivity (Wildman–Crippen MR) is 124 cm³/mol. The average Bonchev–Trinajstić information content (AvgIpc) is 2.79. The number of sulfonamides is 1. The molecule has 1 aliphatic heterocycles. The van der Waals surface area contributed by atoms with Crippen molar-refractivity contribution in [3.63, 3.8) is 0 Å². The Hall–Kier alpha value is -3.21. The van der Waals surface area contributed by atoms with Crippen LogP contribution in [-0.2, 0) is 14.8 Å². The summed E-state index contributed by atoms with van der Waals surface area (Å²) >= 11 is 0. The van der Waals surface area contributed by atoms with E-state index in [0.29, 0.717) is 29.9 Å². The van der Waals surface area contributed by atoms with Gasteiger partial charge in [0.25, 0.3) is 5.91 Å². The minimum atomic E-state index is -3.78. The number of morpholine rings is 1. The van der Waals surface area contributed by atoms with Crippen LogP contribution in [0.4, 0.5) is 5.69 Å². The average molecular weight is 472 g/mol. The second-order valence-corrected chi connectivity index (χ2v) is 9.83. The number of nitrogens with one attached hydrogen (secondary N) is 2. The first-order chi connectivity index (χ1) is 15.8. The summed E-state index contributed by atoms with van der Waals surface area (Å²) in [6.07, 6.45) is -0.206. The van der Waals surface area contributed by atoms with Crippen molar-refractivity contribution >= 4 is 32.5 Å². The van der Waals surface area contributed by atoms with E-state index in [0.717, 1.165) is 0 Å². The number of amides is 1. The largest absolute Gasteiger partial charge is 0.489 e. The van der Waals surface area contributed by atoms with E-state index < -0.39 is 21.5 Å². The van der Waals surface area contributed by atoms with Crippen LogP contribution in [0.2, 0.25) is 0 Å². The molecule has 10 heteroatoms. The Morgan fingerprint density at radius 2 is 1.85 bits per heavy atom. The Morgan fingerprint density at radius 1 is 1.12 bits per heavy atom. The highest BCUT2D eigenvalue weighted by atomic mass is 32.2. The summed E-state index contributed by atoms with van der Waals surface area (Å²) in [6.45, 7) is 4.82. The van der Waals surface area contributed by atoms with Gasteiger partial charge in [0, 0.05) is 30.1 Å². The maximum Gasteiger partial charge on any atom is 0.256 e. The van der Waals surface area contributed by atoms with Gasteiger partial charge in [-0.05, 0) is 38.1 Å². The molecule has 0 saturated carbocycles. The summed E-state index contributed by atoms with van der Waals surface area (Å²) in [6, 6.07) is 12.5. The molecule has 3 aromatic rings. The number of ether oxygens (including phenoxy) is 2. The van der Waals surface area contributed by atoms with Crippen LogP contribution < -0.4 is 15.6 Å². The number of aromatic nitrogens is 1. The lowest BCUT2D eigenvalue weighted by atomic mass is 10.1. The molecule has 0 bridgehead atoms. The normalized spacial score (nSPS) is 15.0. The summed E-state index contributed by atoms with van der Waals surface area (Å²) in [5, 5.41) is 3.31. The summed E-state index contributed by atoms with van der Waals surface area (Å²) in [7, 11) is -3.78. The van der Waals surface area contributed by atoms with Gasteiger partial charge in [0.15, 0.2) is 0 Å². The molecule has 0 radical (unpaired) electrons. The maximum atomic E-state index is 13.2. The number of benzene rings is 2. The van der Waals surface area contributed by atoms with Gasteiger partial charge in [0.1, 0.15) is 5.75 Å². The molecule has 0 aliphatic carbocycles. The first kappa shape index (κ1) is 23.0. The highest BCUT2D eigenvalue weighted by Gasteiger charge is 2.27. The summed E-state index contributed by atoms with van der Waals surface area (Å²) in [5.41, 5.74) is 0.484. The van der Waals surface area contributed by atoms with Crippen molar-refractivity contribution in [1.82, 2.24) is 9.29 Å². The van der Waals surface area contributed by atoms with Crippen molar-refractivity contribution in [3.05, 3.63) is 64.4 Å². The molecule has 1 amide bonds. The zero-order chi connectivity index (χ0) is 23.6. The van der Waals surface area contributed by atoms with E-state index in [4.69, 9.17) is 9.47 Å². The van der Waals surface area contributed by atoms with E-state index in [1.165, 1.54) is 28.6 Å². The van der Waals surface area contributed by atoms with Crippen LogP contribution in [0.3, 0.4) is 0 Å². The summed E-state index contributed by atoms with van der Waals surface area (Å²) < 4.78 is 38.6. The number of para-hydroxylation sites is 1. The van der Waals surface area contributed by atoms with Gasteiger partial charge in [0.2, 0.25) is 15.6 Å². The molecular formula is C23H25N3O6S. The molecule has 1 aliphatic rings. The van der Waals surface area contributed by atoms with E-state index >= 15 is 0 Å². The fourth-order valence-electron chi connectivity index (χ4n) is 3.64. The lowest BCUT2D eigenvalue weighted by Gasteiger charge is -2.26.